The summed E-state index contributed by atoms with van der Waals surface area (Å²) in [6.07, 6.45) is 9.08. The molecule has 0 spiro atoms. The normalized spacial score (nSPS) is 18.5. The number of rotatable bonds is 1. The molecule has 0 amide bonds. The first-order chi connectivity index (χ1) is 10.1. The van der Waals surface area contributed by atoms with Crippen LogP contribution in [0.4, 0.5) is 0 Å². The van der Waals surface area contributed by atoms with Crippen LogP contribution in [0.2, 0.25) is 0 Å². The lowest BCUT2D eigenvalue weighted by atomic mass is 9.87. The summed E-state index contributed by atoms with van der Waals surface area (Å²) in [5.74, 6) is -1.77. The van der Waals surface area contributed by atoms with Crippen molar-refractivity contribution in [2.24, 2.45) is 0 Å². The summed E-state index contributed by atoms with van der Waals surface area (Å²) in [4.78, 5) is 11.6. The fourth-order valence-corrected chi connectivity index (χ4v) is 3.19. The van der Waals surface area contributed by atoms with Crippen molar-refractivity contribution in [2.75, 3.05) is 0 Å². The van der Waals surface area contributed by atoms with Crippen LogP contribution in [0, 0.1) is 0 Å². The number of hydrogen-bond donors (Lipinski definition) is 2. The topological polar surface area (TPSA) is 57.5 Å². The first kappa shape index (κ1) is 12.0. The largest absolute Gasteiger partial charge is 0.508 e. The predicted octanol–water partition coefficient (Wildman–Crippen LogP) is 2.05. The quantitative estimate of drug-likeness (QED) is 0.838. The fraction of sp³-hybridized carbons (Fsp3) is 0.0556. The van der Waals surface area contributed by atoms with E-state index < -0.39 is 11.9 Å². The molecule has 0 aromatic heterocycles. The second kappa shape index (κ2) is 4.09. The van der Waals surface area contributed by atoms with E-state index in [2.05, 4.69) is 0 Å². The zero-order valence-corrected chi connectivity index (χ0v) is 11.1. The number of aliphatic hydroxyl groups is 1. The molecule has 0 radical (unpaired) electrons. The Morgan fingerprint density at radius 3 is 2.62 bits per heavy atom. The molecule has 0 saturated carbocycles. The van der Waals surface area contributed by atoms with Crippen molar-refractivity contribution in [3.63, 3.8) is 0 Å². The molecule has 3 nitrogen and oxygen atoms in total. The van der Waals surface area contributed by atoms with E-state index in [4.69, 9.17) is 0 Å². The maximum absolute atomic E-state index is 11.6. The minimum atomic E-state index is -0.953. The minimum Gasteiger partial charge on any atom is -0.508 e. The lowest BCUT2D eigenvalue weighted by Gasteiger charge is -2.17. The van der Waals surface area contributed by atoms with Crippen molar-refractivity contribution >= 4 is 35.0 Å². The van der Waals surface area contributed by atoms with Gasteiger partial charge in [0.15, 0.2) is 0 Å². The van der Waals surface area contributed by atoms with E-state index >= 15 is 0 Å². The molecule has 0 heterocycles. The molecular formula is C18H12O3. The van der Waals surface area contributed by atoms with Gasteiger partial charge in [-0.3, -0.25) is 4.79 Å². The van der Waals surface area contributed by atoms with Crippen LogP contribution in [0.1, 0.15) is 17.0 Å². The third-order valence-electron chi connectivity index (χ3n) is 4.11. The Bertz CT molecular complexity index is 978. The maximum atomic E-state index is 11.6. The number of carbonyl (C=O) groups is 1. The number of aliphatic carboxylic acids is 1. The van der Waals surface area contributed by atoms with Crippen LogP contribution in [0.5, 0.6) is 0 Å². The molecule has 4 rings (SSSR count). The molecule has 102 valence electrons. The zero-order chi connectivity index (χ0) is 14.6. The summed E-state index contributed by atoms with van der Waals surface area (Å²) in [6.45, 7) is 0. The van der Waals surface area contributed by atoms with Crippen molar-refractivity contribution in [1.82, 2.24) is 0 Å². The molecule has 1 atom stereocenters. The van der Waals surface area contributed by atoms with Crippen LogP contribution >= 0.6 is 0 Å². The van der Waals surface area contributed by atoms with Gasteiger partial charge in [-0.2, -0.15) is 0 Å². The van der Waals surface area contributed by atoms with Crippen LogP contribution in [0.25, 0.3) is 29.0 Å². The summed E-state index contributed by atoms with van der Waals surface area (Å²) in [6, 6.07) is 7.85. The van der Waals surface area contributed by atoms with Gasteiger partial charge in [-0.25, -0.2) is 0 Å². The molecule has 2 aliphatic carbocycles. The number of carboxylic acid groups (broad SMARTS) is 1. The van der Waals surface area contributed by atoms with Gasteiger partial charge >= 0.3 is 5.97 Å². The lowest BCUT2D eigenvalue weighted by molar-refractivity contribution is -0.137. The molecule has 0 fully saturated rings. The number of hydrogen-bond acceptors (Lipinski definition) is 2. The number of benzene rings is 2. The van der Waals surface area contributed by atoms with Crippen LogP contribution in [-0.2, 0) is 4.79 Å². The number of aliphatic hydroxyl groups excluding tert-OH is 1. The Labute approximate surface area is 120 Å². The second-order valence-electron chi connectivity index (χ2n) is 5.31. The molecule has 1 unspecified atom stereocenters. The Kier molecular flexibility index (Phi) is 2.33. The first-order valence-electron chi connectivity index (χ1n) is 6.74. The summed E-state index contributed by atoms with van der Waals surface area (Å²) < 4.78 is 0. The average Bonchev–Trinajstić information content (AvgIpc) is 2.94. The molecule has 2 aromatic carbocycles. The Morgan fingerprint density at radius 1 is 1.05 bits per heavy atom. The van der Waals surface area contributed by atoms with Gasteiger partial charge in [0.05, 0.1) is 0 Å². The van der Waals surface area contributed by atoms with Gasteiger partial charge in [-0.15, -0.1) is 0 Å². The maximum Gasteiger partial charge on any atom is 0.315 e. The van der Waals surface area contributed by atoms with E-state index in [1.165, 1.54) is 6.08 Å². The fourth-order valence-electron chi connectivity index (χ4n) is 3.19. The third kappa shape index (κ3) is 1.64. The van der Waals surface area contributed by atoms with Gasteiger partial charge in [0.25, 0.3) is 0 Å². The Morgan fingerprint density at radius 2 is 1.81 bits per heavy atom. The zero-order valence-electron chi connectivity index (χ0n) is 11.1. The Balaban J connectivity index is 2.16. The van der Waals surface area contributed by atoms with Crippen LogP contribution < -0.4 is 10.4 Å². The monoisotopic (exact) mass is 276 g/mol. The molecule has 2 N–H and O–H groups in total. The molecule has 3 heteroatoms. The van der Waals surface area contributed by atoms with Crippen molar-refractivity contribution < 1.29 is 15.0 Å². The molecule has 0 saturated heterocycles. The summed E-state index contributed by atoms with van der Waals surface area (Å²) >= 11 is 0. The highest BCUT2D eigenvalue weighted by Crippen LogP contribution is 2.29. The SMILES string of the molecule is O=C(O)C1C=C(O)C=c2ccc3c4c(ccc3c21)=CC=C4. The van der Waals surface area contributed by atoms with Crippen molar-refractivity contribution in [1.29, 1.82) is 0 Å². The summed E-state index contributed by atoms with van der Waals surface area (Å²) in [7, 11) is 0. The summed E-state index contributed by atoms with van der Waals surface area (Å²) in [5, 5.41) is 23.1. The minimum absolute atomic E-state index is 0.00337. The van der Waals surface area contributed by atoms with Gasteiger partial charge in [0.2, 0.25) is 0 Å². The third-order valence-corrected chi connectivity index (χ3v) is 4.11. The van der Waals surface area contributed by atoms with Gasteiger partial charge in [0.1, 0.15) is 11.7 Å². The standard InChI is InChI=1S/C18H12O3/c19-12-8-11-5-6-14-13-3-1-2-10(13)4-7-15(14)17(11)16(9-12)18(20)21/h1-9,16,19H,(H,20,21). The summed E-state index contributed by atoms with van der Waals surface area (Å²) in [5.41, 5.74) is 1.87. The highest BCUT2D eigenvalue weighted by molar-refractivity contribution is 5.98. The van der Waals surface area contributed by atoms with Gasteiger partial charge in [-0.1, -0.05) is 42.5 Å². The van der Waals surface area contributed by atoms with E-state index in [1.54, 1.807) is 6.08 Å². The average molecular weight is 276 g/mol. The molecule has 0 bridgehead atoms. The van der Waals surface area contributed by atoms with Crippen LogP contribution in [0.3, 0.4) is 0 Å². The molecule has 2 aromatic rings. The molecule has 2 aliphatic rings. The number of carboxylic acids is 1. The van der Waals surface area contributed by atoms with E-state index in [1.807, 2.05) is 42.5 Å². The molecule has 21 heavy (non-hydrogen) atoms. The number of fused-ring (bicyclic) bond motifs is 5. The highest BCUT2D eigenvalue weighted by atomic mass is 16.4. The first-order valence-corrected chi connectivity index (χ1v) is 6.74. The van der Waals surface area contributed by atoms with Crippen LogP contribution in [0.15, 0.2) is 42.2 Å². The van der Waals surface area contributed by atoms with Crippen molar-refractivity contribution in [2.45, 2.75) is 5.92 Å². The lowest BCUT2D eigenvalue weighted by Crippen LogP contribution is -2.23. The van der Waals surface area contributed by atoms with Crippen molar-refractivity contribution in [3.05, 3.63) is 63.7 Å². The van der Waals surface area contributed by atoms with E-state index in [0.717, 1.165) is 32.3 Å². The molecular weight excluding hydrogens is 264 g/mol. The van der Waals surface area contributed by atoms with E-state index in [0.29, 0.717) is 0 Å². The highest BCUT2D eigenvalue weighted by Gasteiger charge is 2.24. The molecule has 0 aliphatic heterocycles. The van der Waals surface area contributed by atoms with E-state index in [9.17, 15) is 15.0 Å². The van der Waals surface area contributed by atoms with Crippen molar-refractivity contribution in [3.8, 4) is 0 Å². The number of allylic oxidation sites excluding steroid dienone is 2. The second-order valence-corrected chi connectivity index (χ2v) is 5.31. The smallest absolute Gasteiger partial charge is 0.315 e. The predicted molar refractivity (Wildman–Crippen MR) is 82.3 cm³/mol. The van der Waals surface area contributed by atoms with Crippen LogP contribution in [-0.4, -0.2) is 16.2 Å². The van der Waals surface area contributed by atoms with Gasteiger partial charge < -0.3 is 10.2 Å². The van der Waals surface area contributed by atoms with Gasteiger partial charge in [0, 0.05) is 0 Å². The van der Waals surface area contributed by atoms with E-state index in [-0.39, 0.29) is 5.76 Å². The Hall–Kier alpha value is -2.81. The van der Waals surface area contributed by atoms with Gasteiger partial charge in [-0.05, 0) is 44.5 Å².